The van der Waals surface area contributed by atoms with Crippen molar-refractivity contribution < 1.29 is 24.0 Å². The van der Waals surface area contributed by atoms with Crippen LogP contribution in [0.1, 0.15) is 32.3 Å². The molecule has 1 aromatic carbocycles. The number of ether oxygens (including phenoxy) is 1. The Morgan fingerprint density at radius 1 is 1.32 bits per heavy atom. The molecule has 9 heteroatoms. The van der Waals surface area contributed by atoms with Crippen molar-refractivity contribution in [2.75, 3.05) is 13.2 Å². The topological polar surface area (TPSA) is 119 Å². The number of rotatable bonds is 7. The number of benzene rings is 1. The van der Waals surface area contributed by atoms with E-state index in [9.17, 15) is 24.5 Å². The molecule has 1 N–H and O–H groups in total. The fourth-order valence-electron chi connectivity index (χ4n) is 2.50. The number of nitrogens with zero attached hydrogens (tertiary/aromatic N) is 2. The van der Waals surface area contributed by atoms with Gasteiger partial charge in [-0.2, -0.15) is 0 Å². The zero-order valence-electron chi connectivity index (χ0n) is 14.0. The van der Waals surface area contributed by atoms with Gasteiger partial charge in [-0.05, 0) is 31.0 Å². The summed E-state index contributed by atoms with van der Waals surface area (Å²) in [6, 6.07) is 4.77. The van der Waals surface area contributed by atoms with E-state index < -0.39 is 28.4 Å². The van der Waals surface area contributed by atoms with Crippen LogP contribution in [0.4, 0.5) is 10.5 Å². The van der Waals surface area contributed by atoms with E-state index in [1.165, 1.54) is 31.2 Å². The maximum atomic E-state index is 12.6. The van der Waals surface area contributed by atoms with E-state index in [2.05, 4.69) is 5.32 Å². The van der Waals surface area contributed by atoms with Gasteiger partial charge in [-0.3, -0.25) is 24.6 Å². The Balaban J connectivity index is 2.10. The van der Waals surface area contributed by atoms with Gasteiger partial charge < -0.3 is 10.1 Å². The molecule has 9 nitrogen and oxygen atoms in total. The number of nitro groups is 1. The Bertz CT molecular complexity index is 702. The molecule has 0 bridgehead atoms. The van der Waals surface area contributed by atoms with Crippen molar-refractivity contribution in [1.82, 2.24) is 10.2 Å². The van der Waals surface area contributed by atoms with Gasteiger partial charge in [0.05, 0.1) is 18.0 Å². The molecule has 0 radical (unpaired) electrons. The van der Waals surface area contributed by atoms with Crippen LogP contribution in [-0.2, 0) is 19.9 Å². The van der Waals surface area contributed by atoms with Gasteiger partial charge in [0, 0.05) is 18.7 Å². The van der Waals surface area contributed by atoms with E-state index in [1.807, 2.05) is 6.92 Å². The van der Waals surface area contributed by atoms with Crippen LogP contribution >= 0.6 is 0 Å². The zero-order valence-corrected chi connectivity index (χ0v) is 14.0. The summed E-state index contributed by atoms with van der Waals surface area (Å²) in [6.45, 7) is 3.58. The van der Waals surface area contributed by atoms with E-state index in [0.29, 0.717) is 18.6 Å². The quantitative estimate of drug-likeness (QED) is 0.346. The Labute approximate surface area is 144 Å². The summed E-state index contributed by atoms with van der Waals surface area (Å²) in [5.41, 5.74) is -1.02. The van der Waals surface area contributed by atoms with Crippen LogP contribution < -0.4 is 5.32 Å². The number of nitrogens with one attached hydrogen (secondary N) is 1. The van der Waals surface area contributed by atoms with Crippen LogP contribution in [-0.4, -0.2) is 40.9 Å². The first kappa shape index (κ1) is 18.4. The van der Waals surface area contributed by atoms with Crippen LogP contribution in [0.3, 0.4) is 0 Å². The van der Waals surface area contributed by atoms with Crippen molar-refractivity contribution in [3.8, 4) is 0 Å². The maximum absolute atomic E-state index is 12.6. The van der Waals surface area contributed by atoms with Gasteiger partial charge in [0.2, 0.25) is 0 Å². The molecule has 1 aliphatic rings. The number of nitro benzene ring substituents is 1. The molecule has 1 aliphatic heterocycles. The van der Waals surface area contributed by atoms with Gasteiger partial charge in [0.25, 0.3) is 11.6 Å². The lowest BCUT2D eigenvalue weighted by molar-refractivity contribution is -0.384. The minimum Gasteiger partial charge on any atom is -0.466 e. The lowest BCUT2D eigenvalue weighted by atomic mass is 9.92. The summed E-state index contributed by atoms with van der Waals surface area (Å²) >= 11 is 0. The third-order valence-electron chi connectivity index (χ3n) is 3.94. The van der Waals surface area contributed by atoms with Gasteiger partial charge in [-0.15, -0.1) is 0 Å². The second kappa shape index (κ2) is 7.29. The average Bonchev–Trinajstić information content (AvgIpc) is 2.81. The Hall–Kier alpha value is -2.97. The maximum Gasteiger partial charge on any atom is 0.325 e. The number of carbonyl (C=O) groups excluding carboxylic acids is 3. The number of urea groups is 1. The highest BCUT2D eigenvalue weighted by atomic mass is 16.6. The van der Waals surface area contributed by atoms with Crippen molar-refractivity contribution >= 4 is 23.6 Å². The number of amides is 3. The van der Waals surface area contributed by atoms with Crippen LogP contribution in [0.25, 0.3) is 0 Å². The molecule has 1 fully saturated rings. The molecule has 0 spiro atoms. The van der Waals surface area contributed by atoms with Crippen molar-refractivity contribution in [3.05, 3.63) is 39.9 Å². The minimum atomic E-state index is -1.33. The second-order valence-corrected chi connectivity index (χ2v) is 5.79. The summed E-state index contributed by atoms with van der Waals surface area (Å²) < 4.78 is 4.92. The van der Waals surface area contributed by atoms with E-state index in [0.717, 1.165) is 4.90 Å². The van der Waals surface area contributed by atoms with Crippen molar-refractivity contribution in [2.45, 2.75) is 32.2 Å². The Morgan fingerprint density at radius 2 is 1.96 bits per heavy atom. The number of hydrogen-bond donors (Lipinski definition) is 1. The largest absolute Gasteiger partial charge is 0.466 e. The minimum absolute atomic E-state index is 0.0875. The monoisotopic (exact) mass is 349 g/mol. The lowest BCUT2D eigenvalue weighted by Gasteiger charge is -2.22. The molecule has 1 atom stereocenters. The second-order valence-electron chi connectivity index (χ2n) is 5.79. The van der Waals surface area contributed by atoms with Gasteiger partial charge in [-0.25, -0.2) is 4.79 Å². The van der Waals surface area contributed by atoms with Gasteiger partial charge >= 0.3 is 12.0 Å². The molecular weight excluding hydrogens is 330 g/mol. The Kier molecular flexibility index (Phi) is 5.35. The van der Waals surface area contributed by atoms with E-state index in [4.69, 9.17) is 4.74 Å². The predicted octanol–water partition coefficient (Wildman–Crippen LogP) is 1.71. The standard InChI is InChI=1S/C16H19N3O6/c1-3-10-25-13(20)8-9-18-14(21)16(2,17-15(18)22)11-4-6-12(7-5-11)19(23)24/h4-7H,3,8-10H2,1-2H3,(H,17,22)/t16-/m1/s1. The first-order valence-corrected chi connectivity index (χ1v) is 7.84. The molecule has 25 heavy (non-hydrogen) atoms. The number of non-ortho nitro benzene ring substituents is 1. The summed E-state index contributed by atoms with van der Waals surface area (Å²) in [5.74, 6) is -0.999. The van der Waals surface area contributed by atoms with Crippen LogP contribution in [0.15, 0.2) is 24.3 Å². The van der Waals surface area contributed by atoms with Gasteiger partial charge in [-0.1, -0.05) is 6.92 Å². The molecule has 0 unspecified atom stereocenters. The molecule has 0 saturated carbocycles. The summed E-state index contributed by atoms with van der Waals surface area (Å²) in [7, 11) is 0. The molecule has 1 heterocycles. The highest BCUT2D eigenvalue weighted by Gasteiger charge is 2.48. The molecule has 1 aromatic rings. The van der Waals surface area contributed by atoms with E-state index in [1.54, 1.807) is 0 Å². The zero-order chi connectivity index (χ0) is 18.6. The summed E-state index contributed by atoms with van der Waals surface area (Å²) in [6.07, 6.45) is 0.600. The lowest BCUT2D eigenvalue weighted by Crippen LogP contribution is -2.41. The third kappa shape index (κ3) is 3.76. The van der Waals surface area contributed by atoms with Gasteiger partial charge in [0.1, 0.15) is 5.54 Å². The Morgan fingerprint density at radius 3 is 2.52 bits per heavy atom. The van der Waals surface area contributed by atoms with Crippen LogP contribution in [0, 0.1) is 10.1 Å². The molecule has 2 rings (SSSR count). The fraction of sp³-hybridized carbons (Fsp3) is 0.438. The molecule has 1 saturated heterocycles. The van der Waals surface area contributed by atoms with Crippen molar-refractivity contribution in [1.29, 1.82) is 0 Å². The summed E-state index contributed by atoms with van der Waals surface area (Å²) in [4.78, 5) is 47.4. The van der Waals surface area contributed by atoms with E-state index in [-0.39, 0.29) is 18.7 Å². The predicted molar refractivity (Wildman–Crippen MR) is 86.6 cm³/mol. The fourth-order valence-corrected chi connectivity index (χ4v) is 2.50. The smallest absolute Gasteiger partial charge is 0.325 e. The molecule has 134 valence electrons. The highest BCUT2D eigenvalue weighted by Crippen LogP contribution is 2.30. The number of esters is 1. The highest BCUT2D eigenvalue weighted by molar-refractivity contribution is 6.07. The van der Waals surface area contributed by atoms with E-state index >= 15 is 0 Å². The first-order chi connectivity index (χ1) is 11.8. The number of carbonyl (C=O) groups is 3. The van der Waals surface area contributed by atoms with Gasteiger partial charge in [0.15, 0.2) is 0 Å². The van der Waals surface area contributed by atoms with Crippen LogP contribution in [0.2, 0.25) is 0 Å². The third-order valence-corrected chi connectivity index (χ3v) is 3.94. The summed E-state index contributed by atoms with van der Waals surface area (Å²) in [5, 5.41) is 13.3. The SMILES string of the molecule is CCCOC(=O)CCN1C(=O)N[C@](C)(c2ccc([N+](=O)[O-])cc2)C1=O. The molecule has 0 aromatic heterocycles. The molecular formula is C16H19N3O6. The number of imide groups is 1. The normalized spacial score (nSPS) is 19.7. The first-order valence-electron chi connectivity index (χ1n) is 7.84. The van der Waals surface area contributed by atoms with Crippen molar-refractivity contribution in [3.63, 3.8) is 0 Å². The number of hydrogen-bond acceptors (Lipinski definition) is 6. The average molecular weight is 349 g/mol. The molecule has 0 aliphatic carbocycles. The molecule has 3 amide bonds. The van der Waals surface area contributed by atoms with Crippen LogP contribution in [0.5, 0.6) is 0 Å². The van der Waals surface area contributed by atoms with Crippen molar-refractivity contribution in [2.24, 2.45) is 0 Å².